The van der Waals surface area contributed by atoms with Crippen molar-refractivity contribution >= 4 is 40.0 Å². The standard InChI is InChI=1S/C26H31ClN4O2/c1-26(2,3)25(33)28-15-17-12-13-21(27)19(14-17)24(32)30-22-10-7-11-23-20(22)16-29-31(23)18-8-5-4-6-9-18/h7,10-14,16,18H,4-6,8-9,15H2,1-3H3,(H,28,33)(H,30,32). The Kier molecular flexibility index (Phi) is 6.75. The highest BCUT2D eigenvalue weighted by Gasteiger charge is 2.22. The molecule has 0 aliphatic heterocycles. The van der Waals surface area contributed by atoms with Crippen molar-refractivity contribution < 1.29 is 9.59 Å². The maximum atomic E-state index is 13.1. The van der Waals surface area contributed by atoms with Crippen molar-refractivity contribution in [2.75, 3.05) is 5.32 Å². The minimum atomic E-state index is -0.479. The summed E-state index contributed by atoms with van der Waals surface area (Å²) in [7, 11) is 0. The number of nitrogens with one attached hydrogen (secondary N) is 2. The van der Waals surface area contributed by atoms with Crippen molar-refractivity contribution in [2.24, 2.45) is 5.41 Å². The lowest BCUT2D eigenvalue weighted by Crippen LogP contribution is -2.34. The van der Waals surface area contributed by atoms with Crippen LogP contribution in [0.25, 0.3) is 10.9 Å². The zero-order valence-electron chi connectivity index (χ0n) is 19.5. The van der Waals surface area contributed by atoms with Gasteiger partial charge < -0.3 is 10.6 Å². The molecule has 0 spiro atoms. The number of amides is 2. The van der Waals surface area contributed by atoms with Gasteiger partial charge >= 0.3 is 0 Å². The summed E-state index contributed by atoms with van der Waals surface area (Å²) in [6.45, 7) is 5.91. The molecule has 174 valence electrons. The number of aromatic nitrogens is 2. The van der Waals surface area contributed by atoms with Gasteiger partial charge in [0.25, 0.3) is 5.91 Å². The number of halogens is 1. The van der Waals surface area contributed by atoms with Crippen LogP contribution in [0.15, 0.2) is 42.6 Å². The molecular weight excluding hydrogens is 436 g/mol. The summed E-state index contributed by atoms with van der Waals surface area (Å²) in [5, 5.41) is 11.9. The average molecular weight is 467 g/mol. The molecule has 0 bridgehead atoms. The zero-order chi connectivity index (χ0) is 23.6. The third-order valence-electron chi connectivity index (χ3n) is 6.22. The minimum absolute atomic E-state index is 0.0508. The van der Waals surface area contributed by atoms with Gasteiger partial charge in [-0.1, -0.05) is 63.8 Å². The highest BCUT2D eigenvalue weighted by Crippen LogP contribution is 2.32. The number of benzene rings is 2. The second kappa shape index (κ2) is 9.56. The van der Waals surface area contributed by atoms with E-state index in [1.165, 1.54) is 19.3 Å². The maximum absolute atomic E-state index is 13.1. The Balaban J connectivity index is 1.53. The summed E-state index contributed by atoms with van der Waals surface area (Å²) >= 11 is 6.35. The number of fused-ring (bicyclic) bond motifs is 1. The Morgan fingerprint density at radius 3 is 2.61 bits per heavy atom. The molecule has 4 rings (SSSR count). The molecule has 1 fully saturated rings. The summed E-state index contributed by atoms with van der Waals surface area (Å²) in [4.78, 5) is 25.3. The summed E-state index contributed by atoms with van der Waals surface area (Å²) in [6, 6.07) is 11.5. The SMILES string of the molecule is CC(C)(C)C(=O)NCc1ccc(Cl)c(C(=O)Nc2cccc3c2cnn3C2CCCCC2)c1. The topological polar surface area (TPSA) is 76.0 Å². The van der Waals surface area contributed by atoms with Crippen LogP contribution in [0.3, 0.4) is 0 Å². The number of hydrogen-bond acceptors (Lipinski definition) is 3. The van der Waals surface area contributed by atoms with E-state index in [-0.39, 0.29) is 11.8 Å². The van der Waals surface area contributed by atoms with E-state index in [4.69, 9.17) is 11.6 Å². The van der Waals surface area contributed by atoms with Gasteiger partial charge in [-0.25, -0.2) is 0 Å². The first-order valence-corrected chi connectivity index (χ1v) is 12.0. The Bertz CT molecular complexity index is 1170. The van der Waals surface area contributed by atoms with Crippen LogP contribution in [0.5, 0.6) is 0 Å². The molecule has 33 heavy (non-hydrogen) atoms. The summed E-state index contributed by atoms with van der Waals surface area (Å²) in [6.07, 6.45) is 7.86. The van der Waals surface area contributed by atoms with Gasteiger partial charge in [-0.05, 0) is 42.7 Å². The van der Waals surface area contributed by atoms with E-state index in [0.717, 1.165) is 29.3 Å². The highest BCUT2D eigenvalue weighted by molar-refractivity contribution is 6.34. The monoisotopic (exact) mass is 466 g/mol. The molecule has 0 atom stereocenters. The van der Waals surface area contributed by atoms with Crippen molar-refractivity contribution in [1.82, 2.24) is 15.1 Å². The Morgan fingerprint density at radius 1 is 1.12 bits per heavy atom. The second-order valence-corrected chi connectivity index (χ2v) is 10.2. The van der Waals surface area contributed by atoms with E-state index >= 15 is 0 Å². The van der Waals surface area contributed by atoms with Gasteiger partial charge in [0.2, 0.25) is 5.91 Å². The third kappa shape index (κ3) is 5.22. The average Bonchev–Trinajstić information content (AvgIpc) is 3.23. The van der Waals surface area contributed by atoms with E-state index in [9.17, 15) is 9.59 Å². The van der Waals surface area contributed by atoms with Crippen LogP contribution >= 0.6 is 11.6 Å². The van der Waals surface area contributed by atoms with Gasteiger partial charge in [0.1, 0.15) is 0 Å². The lowest BCUT2D eigenvalue weighted by molar-refractivity contribution is -0.128. The quantitative estimate of drug-likeness (QED) is 0.476. The lowest BCUT2D eigenvalue weighted by Gasteiger charge is -2.22. The molecule has 0 radical (unpaired) electrons. The third-order valence-corrected chi connectivity index (χ3v) is 6.55. The number of anilines is 1. The molecule has 1 aromatic heterocycles. The van der Waals surface area contributed by atoms with Crippen molar-refractivity contribution in [2.45, 2.75) is 65.5 Å². The first kappa shape index (κ1) is 23.3. The van der Waals surface area contributed by atoms with Crippen LogP contribution < -0.4 is 10.6 Å². The zero-order valence-corrected chi connectivity index (χ0v) is 20.2. The van der Waals surface area contributed by atoms with Crippen molar-refractivity contribution in [1.29, 1.82) is 0 Å². The van der Waals surface area contributed by atoms with Gasteiger partial charge in [0.05, 0.1) is 34.0 Å². The highest BCUT2D eigenvalue weighted by atomic mass is 35.5. The van der Waals surface area contributed by atoms with Crippen LogP contribution in [0.1, 0.15) is 74.8 Å². The molecule has 2 amide bonds. The molecule has 2 N–H and O–H groups in total. The molecule has 0 saturated heterocycles. The van der Waals surface area contributed by atoms with Crippen molar-refractivity contribution in [3.63, 3.8) is 0 Å². The van der Waals surface area contributed by atoms with Crippen LogP contribution in [0.2, 0.25) is 5.02 Å². The molecule has 3 aromatic rings. The predicted molar refractivity (Wildman–Crippen MR) is 133 cm³/mol. The summed E-state index contributed by atoms with van der Waals surface area (Å²) in [5.74, 6) is -0.341. The molecule has 7 heteroatoms. The molecule has 1 aliphatic rings. The number of carbonyl (C=O) groups is 2. The van der Waals surface area contributed by atoms with Crippen LogP contribution in [0.4, 0.5) is 5.69 Å². The van der Waals surface area contributed by atoms with Crippen molar-refractivity contribution in [3.05, 3.63) is 58.7 Å². The fraction of sp³-hybridized carbons (Fsp3) is 0.423. The van der Waals surface area contributed by atoms with Gasteiger partial charge in [-0.15, -0.1) is 0 Å². The second-order valence-electron chi connectivity index (χ2n) is 9.82. The van der Waals surface area contributed by atoms with E-state index in [0.29, 0.717) is 28.9 Å². The minimum Gasteiger partial charge on any atom is -0.352 e. The van der Waals surface area contributed by atoms with Crippen LogP contribution in [-0.2, 0) is 11.3 Å². The lowest BCUT2D eigenvalue weighted by atomic mass is 9.95. The van der Waals surface area contributed by atoms with Gasteiger partial charge in [-0.2, -0.15) is 5.10 Å². The molecule has 2 aromatic carbocycles. The molecule has 1 heterocycles. The normalized spacial score (nSPS) is 14.9. The number of carbonyl (C=O) groups excluding carboxylic acids is 2. The Hall–Kier alpha value is -2.86. The van der Waals surface area contributed by atoms with E-state index in [2.05, 4.69) is 26.5 Å². The number of rotatable bonds is 5. The fourth-order valence-corrected chi connectivity index (χ4v) is 4.49. The van der Waals surface area contributed by atoms with Gasteiger partial charge in [0, 0.05) is 17.3 Å². The predicted octanol–water partition coefficient (Wildman–Crippen LogP) is 6.11. The largest absolute Gasteiger partial charge is 0.352 e. The molecule has 1 saturated carbocycles. The molecular formula is C26H31ClN4O2. The van der Waals surface area contributed by atoms with E-state index < -0.39 is 5.41 Å². The number of nitrogens with zero attached hydrogens (tertiary/aromatic N) is 2. The fourth-order valence-electron chi connectivity index (χ4n) is 4.29. The van der Waals surface area contributed by atoms with E-state index in [1.54, 1.807) is 12.1 Å². The first-order chi connectivity index (χ1) is 15.7. The molecule has 0 unspecified atom stereocenters. The molecule has 1 aliphatic carbocycles. The Labute approximate surface area is 199 Å². The summed E-state index contributed by atoms with van der Waals surface area (Å²) < 4.78 is 2.11. The van der Waals surface area contributed by atoms with Crippen LogP contribution in [-0.4, -0.2) is 21.6 Å². The first-order valence-electron chi connectivity index (χ1n) is 11.6. The summed E-state index contributed by atoms with van der Waals surface area (Å²) in [5.41, 5.74) is 2.45. The van der Waals surface area contributed by atoms with Crippen molar-refractivity contribution in [3.8, 4) is 0 Å². The van der Waals surface area contributed by atoms with Crippen LogP contribution in [0, 0.1) is 5.41 Å². The smallest absolute Gasteiger partial charge is 0.257 e. The molecule has 6 nitrogen and oxygen atoms in total. The van der Waals surface area contributed by atoms with Gasteiger partial charge in [-0.3, -0.25) is 14.3 Å². The Morgan fingerprint density at radius 2 is 1.88 bits per heavy atom. The van der Waals surface area contributed by atoms with E-state index in [1.807, 2.05) is 45.2 Å². The maximum Gasteiger partial charge on any atom is 0.257 e. The van der Waals surface area contributed by atoms with Gasteiger partial charge in [0.15, 0.2) is 0 Å². The number of hydrogen-bond donors (Lipinski definition) is 2.